The molecule has 2 aromatic rings. The van der Waals surface area contributed by atoms with Crippen molar-refractivity contribution in [3.05, 3.63) is 68.2 Å². The predicted octanol–water partition coefficient (Wildman–Crippen LogP) is 7.04. The number of nitrogens with zero attached hydrogens (tertiary/aromatic N) is 1. The highest BCUT2D eigenvalue weighted by molar-refractivity contribution is 6.35. The number of hydrogen-bond donors (Lipinski definition) is 1. The molecular weight excluding hydrogens is 500 g/mol. The summed E-state index contributed by atoms with van der Waals surface area (Å²) < 4.78 is 42.7. The van der Waals surface area contributed by atoms with E-state index >= 15 is 0 Å². The van der Waals surface area contributed by atoms with Crippen molar-refractivity contribution in [2.45, 2.75) is 50.4 Å². The summed E-state index contributed by atoms with van der Waals surface area (Å²) in [6, 6.07) is 8.61. The average Bonchev–Trinajstić information content (AvgIpc) is 3.43. The van der Waals surface area contributed by atoms with Gasteiger partial charge in [-0.3, -0.25) is 4.79 Å². The molecule has 0 radical (unpaired) electrons. The molecular formula is C23H20Cl3F3N2O2. The van der Waals surface area contributed by atoms with Gasteiger partial charge in [0.15, 0.2) is 0 Å². The van der Waals surface area contributed by atoms with Crippen molar-refractivity contribution in [3.8, 4) is 0 Å². The summed E-state index contributed by atoms with van der Waals surface area (Å²) in [5, 5.41) is 6.96. The Morgan fingerprint density at radius 1 is 1.12 bits per heavy atom. The number of carbonyl (C=O) groups excluding carboxylic acids is 1. The first-order valence-electron chi connectivity index (χ1n) is 10.4. The van der Waals surface area contributed by atoms with E-state index in [-0.39, 0.29) is 44.7 Å². The molecule has 33 heavy (non-hydrogen) atoms. The quantitative estimate of drug-likeness (QED) is 0.461. The molecule has 2 aliphatic rings. The molecule has 1 aliphatic heterocycles. The van der Waals surface area contributed by atoms with Crippen LogP contribution in [0.5, 0.6) is 0 Å². The third-order valence-corrected chi connectivity index (χ3v) is 6.97. The lowest BCUT2D eigenvalue weighted by Gasteiger charge is -2.29. The van der Waals surface area contributed by atoms with Crippen LogP contribution in [0.15, 0.2) is 41.6 Å². The van der Waals surface area contributed by atoms with E-state index < -0.39 is 18.2 Å². The van der Waals surface area contributed by atoms with E-state index in [1.807, 2.05) is 0 Å². The van der Waals surface area contributed by atoms with Gasteiger partial charge >= 0.3 is 6.18 Å². The molecule has 4 rings (SSSR count). The maximum Gasteiger partial charge on any atom is 0.435 e. The van der Waals surface area contributed by atoms with Gasteiger partial charge in [-0.1, -0.05) is 71.0 Å². The number of hydrogen-bond acceptors (Lipinski definition) is 3. The van der Waals surface area contributed by atoms with Crippen LogP contribution in [0.3, 0.4) is 0 Å². The zero-order valence-electron chi connectivity index (χ0n) is 17.3. The Balaban J connectivity index is 1.58. The Labute approximate surface area is 204 Å². The lowest BCUT2D eigenvalue weighted by molar-refractivity contribution is -0.275. The summed E-state index contributed by atoms with van der Waals surface area (Å²) in [5.74, 6) is -0.0408. The van der Waals surface area contributed by atoms with Gasteiger partial charge < -0.3 is 10.2 Å². The van der Waals surface area contributed by atoms with Gasteiger partial charge in [0.1, 0.15) is 0 Å². The second kappa shape index (κ2) is 9.35. The zero-order valence-corrected chi connectivity index (χ0v) is 19.6. The minimum absolute atomic E-state index is 0.00325. The fraction of sp³-hybridized carbons (Fsp3) is 0.391. The smallest absolute Gasteiger partial charge is 0.374 e. The Morgan fingerprint density at radius 3 is 2.42 bits per heavy atom. The van der Waals surface area contributed by atoms with Crippen LogP contribution in [0.1, 0.15) is 48.8 Å². The SMILES string of the molecule is O=C(NCc1cccc(C2=NOC(c3cc(Cl)cc(Cl)c3)(C(F)(F)F)C2)c1Cl)C1CCCC1. The number of halogens is 6. The fourth-order valence-corrected chi connectivity index (χ4v) is 5.12. The van der Waals surface area contributed by atoms with E-state index in [0.717, 1.165) is 37.8 Å². The zero-order chi connectivity index (χ0) is 23.8. The van der Waals surface area contributed by atoms with Crippen LogP contribution in [-0.2, 0) is 21.8 Å². The van der Waals surface area contributed by atoms with Crippen molar-refractivity contribution in [2.24, 2.45) is 11.1 Å². The van der Waals surface area contributed by atoms with Crippen molar-refractivity contribution in [1.82, 2.24) is 5.32 Å². The summed E-state index contributed by atoms with van der Waals surface area (Å²) in [5.41, 5.74) is -2.06. The number of rotatable bonds is 5. The van der Waals surface area contributed by atoms with E-state index in [2.05, 4.69) is 10.5 Å². The molecule has 1 aliphatic carbocycles. The van der Waals surface area contributed by atoms with Gasteiger partial charge in [0.05, 0.1) is 17.2 Å². The molecule has 10 heteroatoms. The van der Waals surface area contributed by atoms with E-state index in [1.54, 1.807) is 18.2 Å². The number of carbonyl (C=O) groups is 1. The van der Waals surface area contributed by atoms with Crippen molar-refractivity contribution in [1.29, 1.82) is 0 Å². The molecule has 1 fully saturated rings. The summed E-state index contributed by atoms with van der Waals surface area (Å²) in [6.07, 6.45) is -1.61. The Hall–Kier alpha value is -1.96. The van der Waals surface area contributed by atoms with Crippen LogP contribution in [0.2, 0.25) is 15.1 Å². The topological polar surface area (TPSA) is 50.7 Å². The lowest BCUT2D eigenvalue weighted by atomic mass is 9.86. The number of alkyl halides is 3. The molecule has 1 N–H and O–H groups in total. The summed E-state index contributed by atoms with van der Waals surface area (Å²) in [6.45, 7) is 0.171. The number of oxime groups is 1. The molecule has 1 unspecified atom stereocenters. The average molecular weight is 520 g/mol. The van der Waals surface area contributed by atoms with Gasteiger partial charge in [-0.05, 0) is 36.6 Å². The molecule has 0 spiro atoms. The first kappa shape index (κ1) is 24.2. The maximum atomic E-state index is 14.2. The third-order valence-electron chi connectivity index (χ3n) is 6.08. The maximum absolute atomic E-state index is 14.2. The Kier molecular flexibility index (Phi) is 6.85. The van der Waals surface area contributed by atoms with Crippen LogP contribution < -0.4 is 5.32 Å². The molecule has 0 aromatic heterocycles. The first-order chi connectivity index (χ1) is 15.6. The summed E-state index contributed by atoms with van der Waals surface area (Å²) in [7, 11) is 0. The number of benzene rings is 2. The van der Waals surface area contributed by atoms with Crippen LogP contribution >= 0.6 is 34.8 Å². The third kappa shape index (κ3) is 4.81. The van der Waals surface area contributed by atoms with E-state index in [0.29, 0.717) is 11.1 Å². The van der Waals surface area contributed by atoms with Gasteiger partial charge in [0.2, 0.25) is 5.91 Å². The molecule has 1 atom stereocenters. The van der Waals surface area contributed by atoms with E-state index in [1.165, 1.54) is 6.07 Å². The van der Waals surface area contributed by atoms with Gasteiger partial charge in [-0.2, -0.15) is 13.2 Å². The van der Waals surface area contributed by atoms with Crippen molar-refractivity contribution in [2.75, 3.05) is 0 Å². The predicted molar refractivity (Wildman–Crippen MR) is 122 cm³/mol. The number of nitrogens with one attached hydrogen (secondary N) is 1. The Morgan fingerprint density at radius 2 is 1.79 bits per heavy atom. The summed E-state index contributed by atoms with van der Waals surface area (Å²) in [4.78, 5) is 17.4. The highest BCUT2D eigenvalue weighted by Gasteiger charge is 2.62. The van der Waals surface area contributed by atoms with Crippen LogP contribution in [-0.4, -0.2) is 17.8 Å². The molecule has 1 amide bonds. The fourth-order valence-electron chi connectivity index (χ4n) is 4.29. The van der Waals surface area contributed by atoms with Gasteiger partial charge in [-0.15, -0.1) is 0 Å². The second-order valence-electron chi connectivity index (χ2n) is 8.27. The monoisotopic (exact) mass is 518 g/mol. The van der Waals surface area contributed by atoms with E-state index in [9.17, 15) is 18.0 Å². The van der Waals surface area contributed by atoms with Crippen LogP contribution in [0.25, 0.3) is 0 Å². The standard InChI is InChI=1S/C23H20Cl3F3N2O2/c24-16-8-15(9-17(25)10-16)22(23(27,28)29)11-19(31-33-22)18-7-3-6-14(20(18)26)12-30-21(32)13-4-1-2-5-13/h3,6-10,13H,1-2,4-5,11-12H2,(H,30,32). The van der Waals surface area contributed by atoms with Gasteiger partial charge in [0, 0.05) is 33.6 Å². The van der Waals surface area contributed by atoms with Gasteiger partial charge in [-0.25, -0.2) is 0 Å². The van der Waals surface area contributed by atoms with Crippen molar-refractivity contribution in [3.63, 3.8) is 0 Å². The molecule has 2 aromatic carbocycles. The highest BCUT2D eigenvalue weighted by atomic mass is 35.5. The summed E-state index contributed by atoms with van der Waals surface area (Å²) >= 11 is 18.4. The minimum atomic E-state index is -4.80. The molecule has 4 nitrogen and oxygen atoms in total. The highest BCUT2D eigenvalue weighted by Crippen LogP contribution is 2.50. The van der Waals surface area contributed by atoms with Crippen LogP contribution in [0, 0.1) is 5.92 Å². The minimum Gasteiger partial charge on any atom is -0.374 e. The van der Waals surface area contributed by atoms with Crippen LogP contribution in [0.4, 0.5) is 13.2 Å². The molecule has 1 heterocycles. The van der Waals surface area contributed by atoms with E-state index in [4.69, 9.17) is 39.6 Å². The van der Waals surface area contributed by atoms with Crippen molar-refractivity contribution < 1.29 is 22.8 Å². The molecule has 1 saturated carbocycles. The molecule has 176 valence electrons. The first-order valence-corrected chi connectivity index (χ1v) is 11.6. The second-order valence-corrected chi connectivity index (χ2v) is 9.52. The van der Waals surface area contributed by atoms with Crippen molar-refractivity contribution >= 4 is 46.4 Å². The molecule has 0 saturated heterocycles. The van der Waals surface area contributed by atoms with Gasteiger partial charge in [0.25, 0.3) is 5.60 Å². The lowest BCUT2D eigenvalue weighted by Crippen LogP contribution is -2.42. The largest absolute Gasteiger partial charge is 0.435 e. The molecule has 0 bridgehead atoms. The normalized spacial score (nSPS) is 21.1. The Bertz CT molecular complexity index is 1080. The number of amides is 1.